The highest BCUT2D eigenvalue weighted by molar-refractivity contribution is 6.31. The summed E-state index contributed by atoms with van der Waals surface area (Å²) in [5.74, 6) is -1.47. The molecule has 1 aliphatic carbocycles. The van der Waals surface area contributed by atoms with Gasteiger partial charge in [-0.25, -0.2) is 4.79 Å². The van der Waals surface area contributed by atoms with Crippen LogP contribution in [-0.2, 0) is 4.74 Å². The second-order valence-electron chi connectivity index (χ2n) is 5.22. The Morgan fingerprint density at radius 3 is 2.24 bits per heavy atom. The van der Waals surface area contributed by atoms with Crippen molar-refractivity contribution in [1.82, 2.24) is 0 Å². The first kappa shape index (κ1) is 16.3. The molecule has 3 rings (SSSR count). The molecule has 0 saturated heterocycles. The lowest BCUT2D eigenvalue weighted by atomic mass is 9.82. The zero-order valence-corrected chi connectivity index (χ0v) is 12.8. The van der Waals surface area contributed by atoms with Crippen LogP contribution in [0, 0.1) is 0 Å². The number of ether oxygens (including phenoxy) is 2. The number of hydrogen-bond donors (Lipinski definition) is 3. The molecule has 0 radical (unpaired) electrons. The van der Waals surface area contributed by atoms with Crippen molar-refractivity contribution >= 4 is 23.4 Å². The SMILES string of the molecule is Nc1c(OCCOC(=O)O)cc(O)c2c1C(=O)c1ccccc1C2=O. The largest absolute Gasteiger partial charge is 0.507 e. The minimum absolute atomic E-state index is 0.0363. The van der Waals surface area contributed by atoms with Crippen LogP contribution in [0.4, 0.5) is 10.5 Å². The Hall–Kier alpha value is -3.55. The number of carbonyl (C=O) groups excluding carboxylic acids is 2. The Kier molecular flexibility index (Phi) is 4.02. The van der Waals surface area contributed by atoms with Crippen molar-refractivity contribution in [3.63, 3.8) is 0 Å². The van der Waals surface area contributed by atoms with E-state index in [2.05, 4.69) is 4.74 Å². The van der Waals surface area contributed by atoms with Gasteiger partial charge in [-0.2, -0.15) is 0 Å². The maximum atomic E-state index is 12.7. The third-order valence-corrected chi connectivity index (χ3v) is 3.75. The number of fused-ring (bicyclic) bond motifs is 2. The zero-order valence-electron chi connectivity index (χ0n) is 12.8. The lowest BCUT2D eigenvalue weighted by Crippen LogP contribution is -2.23. The van der Waals surface area contributed by atoms with Gasteiger partial charge in [0.05, 0.1) is 16.8 Å². The zero-order chi connectivity index (χ0) is 18.1. The molecule has 2 aromatic rings. The van der Waals surface area contributed by atoms with E-state index in [-0.39, 0.29) is 46.9 Å². The molecule has 128 valence electrons. The Morgan fingerprint density at radius 1 is 1.04 bits per heavy atom. The number of nitrogens with two attached hydrogens (primary N) is 1. The first-order valence-electron chi connectivity index (χ1n) is 7.24. The van der Waals surface area contributed by atoms with E-state index in [4.69, 9.17) is 15.6 Å². The third kappa shape index (κ3) is 2.74. The van der Waals surface area contributed by atoms with Gasteiger partial charge in [-0.3, -0.25) is 9.59 Å². The molecule has 25 heavy (non-hydrogen) atoms. The summed E-state index contributed by atoms with van der Waals surface area (Å²) in [6, 6.07) is 7.36. The van der Waals surface area contributed by atoms with E-state index in [0.717, 1.165) is 6.07 Å². The Labute approximate surface area is 141 Å². The molecule has 0 fully saturated rings. The molecular formula is C17H13NO7. The van der Waals surface area contributed by atoms with Gasteiger partial charge in [0.1, 0.15) is 24.7 Å². The molecule has 0 spiro atoms. The van der Waals surface area contributed by atoms with E-state index in [0.29, 0.717) is 0 Å². The molecule has 8 heteroatoms. The van der Waals surface area contributed by atoms with Gasteiger partial charge in [0.2, 0.25) is 0 Å². The van der Waals surface area contributed by atoms with Crippen molar-refractivity contribution in [2.75, 3.05) is 18.9 Å². The fourth-order valence-corrected chi connectivity index (χ4v) is 2.67. The molecule has 0 amide bonds. The van der Waals surface area contributed by atoms with Crippen LogP contribution in [-0.4, -0.2) is 41.1 Å². The van der Waals surface area contributed by atoms with E-state index in [1.54, 1.807) is 12.1 Å². The van der Waals surface area contributed by atoms with Crippen LogP contribution in [0.2, 0.25) is 0 Å². The molecule has 2 aromatic carbocycles. The number of phenolic OH excluding ortho intramolecular Hbond substituents is 1. The van der Waals surface area contributed by atoms with E-state index < -0.39 is 23.5 Å². The predicted molar refractivity (Wildman–Crippen MR) is 85.3 cm³/mol. The van der Waals surface area contributed by atoms with Crippen LogP contribution in [0.5, 0.6) is 11.5 Å². The summed E-state index contributed by atoms with van der Waals surface area (Å²) in [7, 11) is 0. The fraction of sp³-hybridized carbons (Fsp3) is 0.118. The number of aromatic hydroxyl groups is 1. The average Bonchev–Trinajstić information content (AvgIpc) is 2.58. The average molecular weight is 343 g/mol. The fourth-order valence-electron chi connectivity index (χ4n) is 2.67. The minimum atomic E-state index is -1.46. The minimum Gasteiger partial charge on any atom is -0.507 e. The quantitative estimate of drug-likeness (QED) is 0.282. The van der Waals surface area contributed by atoms with E-state index in [9.17, 15) is 19.5 Å². The number of ketones is 2. The van der Waals surface area contributed by atoms with Gasteiger partial charge in [-0.05, 0) is 0 Å². The molecular weight excluding hydrogens is 330 g/mol. The van der Waals surface area contributed by atoms with Gasteiger partial charge in [0, 0.05) is 17.2 Å². The number of nitrogen functional groups attached to an aromatic ring is 1. The van der Waals surface area contributed by atoms with Crippen LogP contribution >= 0.6 is 0 Å². The van der Waals surface area contributed by atoms with Gasteiger partial charge in [0.25, 0.3) is 0 Å². The van der Waals surface area contributed by atoms with Crippen molar-refractivity contribution in [2.24, 2.45) is 0 Å². The topological polar surface area (TPSA) is 136 Å². The summed E-state index contributed by atoms with van der Waals surface area (Å²) in [6.45, 7) is -0.435. The lowest BCUT2D eigenvalue weighted by Gasteiger charge is -2.21. The van der Waals surface area contributed by atoms with Gasteiger partial charge in [0.15, 0.2) is 11.6 Å². The summed E-state index contributed by atoms with van der Waals surface area (Å²) in [5.41, 5.74) is 5.94. The summed E-state index contributed by atoms with van der Waals surface area (Å²) in [6.07, 6.45) is -1.46. The smallest absolute Gasteiger partial charge is 0.505 e. The molecule has 4 N–H and O–H groups in total. The monoisotopic (exact) mass is 343 g/mol. The van der Waals surface area contributed by atoms with Crippen molar-refractivity contribution in [1.29, 1.82) is 0 Å². The second kappa shape index (κ2) is 6.16. The van der Waals surface area contributed by atoms with Crippen LogP contribution in [0.1, 0.15) is 31.8 Å². The molecule has 0 atom stereocenters. The van der Waals surface area contributed by atoms with Crippen LogP contribution in [0.3, 0.4) is 0 Å². The first-order chi connectivity index (χ1) is 11.9. The van der Waals surface area contributed by atoms with Crippen LogP contribution in [0.25, 0.3) is 0 Å². The summed E-state index contributed by atoms with van der Waals surface area (Å²) < 4.78 is 9.57. The number of rotatable bonds is 4. The molecule has 1 aliphatic rings. The molecule has 0 aromatic heterocycles. The highest BCUT2D eigenvalue weighted by Crippen LogP contribution is 2.41. The Bertz CT molecular complexity index is 904. The Balaban J connectivity index is 2.00. The number of carboxylic acid groups (broad SMARTS) is 1. The van der Waals surface area contributed by atoms with Gasteiger partial charge in [-0.1, -0.05) is 24.3 Å². The van der Waals surface area contributed by atoms with E-state index in [1.165, 1.54) is 12.1 Å². The maximum Gasteiger partial charge on any atom is 0.505 e. The van der Waals surface area contributed by atoms with E-state index in [1.807, 2.05) is 0 Å². The molecule has 0 heterocycles. The van der Waals surface area contributed by atoms with Gasteiger partial charge >= 0.3 is 6.16 Å². The van der Waals surface area contributed by atoms with Crippen molar-refractivity contribution < 1.29 is 34.1 Å². The highest BCUT2D eigenvalue weighted by Gasteiger charge is 2.35. The third-order valence-electron chi connectivity index (χ3n) is 3.75. The van der Waals surface area contributed by atoms with Crippen LogP contribution in [0.15, 0.2) is 30.3 Å². The first-order valence-corrected chi connectivity index (χ1v) is 7.24. The molecule has 0 bridgehead atoms. The summed E-state index contributed by atoms with van der Waals surface area (Å²) in [5, 5.41) is 18.6. The van der Waals surface area contributed by atoms with Gasteiger partial charge < -0.3 is 25.4 Å². The Morgan fingerprint density at radius 2 is 1.64 bits per heavy atom. The number of anilines is 1. The number of phenols is 1. The second-order valence-corrected chi connectivity index (χ2v) is 5.22. The van der Waals surface area contributed by atoms with Crippen molar-refractivity contribution in [3.05, 3.63) is 52.6 Å². The van der Waals surface area contributed by atoms with Crippen molar-refractivity contribution in [2.45, 2.75) is 0 Å². The molecule has 0 saturated carbocycles. The molecule has 0 aliphatic heterocycles. The lowest BCUT2D eigenvalue weighted by molar-refractivity contribution is 0.0781. The van der Waals surface area contributed by atoms with Crippen molar-refractivity contribution in [3.8, 4) is 11.5 Å². The standard InChI is InChI=1S/C17H13NO7/c18-14-11(24-5-6-25-17(22)23)7-10(19)12-13(14)16(21)9-4-2-1-3-8(9)15(12)20/h1-4,7,19H,5-6,18H2,(H,22,23). The normalized spacial score (nSPS) is 12.3. The summed E-state index contributed by atoms with van der Waals surface area (Å²) in [4.78, 5) is 35.6. The number of hydrogen-bond acceptors (Lipinski definition) is 7. The highest BCUT2D eigenvalue weighted by atomic mass is 16.7. The summed E-state index contributed by atoms with van der Waals surface area (Å²) >= 11 is 0. The van der Waals surface area contributed by atoms with Crippen LogP contribution < -0.4 is 10.5 Å². The number of benzene rings is 2. The molecule has 0 unspecified atom stereocenters. The maximum absolute atomic E-state index is 12.7. The van der Waals surface area contributed by atoms with E-state index >= 15 is 0 Å². The predicted octanol–water partition coefficient (Wildman–Crippen LogP) is 1.82. The molecule has 8 nitrogen and oxygen atoms in total. The van der Waals surface area contributed by atoms with Gasteiger partial charge in [-0.15, -0.1) is 0 Å². The number of carbonyl (C=O) groups is 3.